The van der Waals surface area contributed by atoms with E-state index in [9.17, 15) is 4.79 Å². The van der Waals surface area contributed by atoms with Gasteiger partial charge in [-0.25, -0.2) is 5.43 Å². The van der Waals surface area contributed by atoms with Gasteiger partial charge in [-0.05, 0) is 43.3 Å². The van der Waals surface area contributed by atoms with Crippen molar-refractivity contribution < 1.29 is 9.21 Å². The van der Waals surface area contributed by atoms with Crippen LogP contribution in [0.15, 0.2) is 52.2 Å². The van der Waals surface area contributed by atoms with Crippen molar-refractivity contribution >= 4 is 29.4 Å². The van der Waals surface area contributed by atoms with E-state index in [1.807, 2.05) is 0 Å². The second kappa shape index (κ2) is 6.77. The second-order valence-electron chi connectivity index (χ2n) is 4.12. The molecule has 1 heterocycles. The highest BCUT2D eigenvalue weighted by atomic mass is 35.5. The summed E-state index contributed by atoms with van der Waals surface area (Å²) in [5.41, 5.74) is 3.25. The molecule has 0 radical (unpaired) electrons. The van der Waals surface area contributed by atoms with Crippen LogP contribution in [0.2, 0.25) is 5.02 Å². The Morgan fingerprint density at radius 2 is 2.10 bits per heavy atom. The molecule has 2 rings (SSSR count). The van der Waals surface area contributed by atoms with Gasteiger partial charge in [0.2, 0.25) is 0 Å². The molecular weight excluding hydrogens is 278 g/mol. The maximum absolute atomic E-state index is 11.8. The molecular formula is C14H14ClN3O2. The number of nitrogens with zero attached hydrogens (tertiary/aromatic N) is 1. The van der Waals surface area contributed by atoms with Gasteiger partial charge >= 0.3 is 0 Å². The number of halogens is 1. The van der Waals surface area contributed by atoms with E-state index in [2.05, 4.69) is 15.8 Å². The van der Waals surface area contributed by atoms with Crippen LogP contribution in [-0.4, -0.2) is 18.2 Å². The van der Waals surface area contributed by atoms with Crippen molar-refractivity contribution in [3.05, 3.63) is 53.4 Å². The molecule has 1 atom stereocenters. The third-order valence-electron chi connectivity index (χ3n) is 2.53. The summed E-state index contributed by atoms with van der Waals surface area (Å²) in [5.74, 6) is 0.325. The average Bonchev–Trinajstić information content (AvgIpc) is 2.94. The fraction of sp³-hybridized carbons (Fsp3) is 0.143. The molecule has 0 spiro atoms. The molecule has 6 heteroatoms. The minimum absolute atomic E-state index is 0.247. The molecule has 1 amide bonds. The SMILES string of the molecule is C[C@@H](Nc1ccc(Cl)cc1)C(=O)N/N=C\c1ccco1. The molecule has 0 saturated carbocycles. The first kappa shape index (κ1) is 14.1. The summed E-state index contributed by atoms with van der Waals surface area (Å²) < 4.78 is 5.05. The van der Waals surface area contributed by atoms with Crippen molar-refractivity contribution in [3.63, 3.8) is 0 Å². The highest BCUT2D eigenvalue weighted by Crippen LogP contribution is 2.14. The Bertz CT molecular complexity index is 579. The monoisotopic (exact) mass is 291 g/mol. The fourth-order valence-electron chi connectivity index (χ4n) is 1.48. The number of carbonyl (C=O) groups excluding carboxylic acids is 1. The van der Waals surface area contributed by atoms with E-state index in [1.54, 1.807) is 43.3 Å². The molecule has 0 fully saturated rings. The smallest absolute Gasteiger partial charge is 0.262 e. The topological polar surface area (TPSA) is 66.6 Å². The van der Waals surface area contributed by atoms with E-state index in [4.69, 9.17) is 16.0 Å². The number of anilines is 1. The maximum atomic E-state index is 11.8. The zero-order valence-corrected chi connectivity index (χ0v) is 11.6. The second-order valence-corrected chi connectivity index (χ2v) is 4.56. The van der Waals surface area contributed by atoms with Gasteiger partial charge < -0.3 is 9.73 Å². The van der Waals surface area contributed by atoms with Gasteiger partial charge in [0.25, 0.3) is 5.91 Å². The van der Waals surface area contributed by atoms with Crippen molar-refractivity contribution in [2.24, 2.45) is 5.10 Å². The highest BCUT2D eigenvalue weighted by Gasteiger charge is 2.11. The predicted octanol–water partition coefficient (Wildman–Crippen LogP) is 2.88. The van der Waals surface area contributed by atoms with Crippen LogP contribution in [0.3, 0.4) is 0 Å². The lowest BCUT2D eigenvalue weighted by molar-refractivity contribution is -0.121. The molecule has 1 aromatic heterocycles. The minimum Gasteiger partial charge on any atom is -0.463 e. The Kier molecular flexibility index (Phi) is 4.79. The van der Waals surface area contributed by atoms with Crippen LogP contribution in [0, 0.1) is 0 Å². The van der Waals surface area contributed by atoms with Gasteiger partial charge in [-0.15, -0.1) is 0 Å². The van der Waals surface area contributed by atoms with Crippen LogP contribution in [0.5, 0.6) is 0 Å². The molecule has 0 unspecified atom stereocenters. The fourth-order valence-corrected chi connectivity index (χ4v) is 1.61. The Morgan fingerprint density at radius 1 is 1.35 bits per heavy atom. The van der Waals surface area contributed by atoms with Gasteiger partial charge in [0, 0.05) is 10.7 Å². The van der Waals surface area contributed by atoms with E-state index < -0.39 is 6.04 Å². The number of furan rings is 1. The molecule has 0 bridgehead atoms. The lowest BCUT2D eigenvalue weighted by atomic mass is 10.2. The molecule has 0 saturated heterocycles. The zero-order chi connectivity index (χ0) is 14.4. The molecule has 5 nitrogen and oxygen atoms in total. The Hall–Kier alpha value is -2.27. The summed E-state index contributed by atoms with van der Waals surface area (Å²) in [6, 6.07) is 10.2. The number of benzene rings is 1. The van der Waals surface area contributed by atoms with Crippen LogP contribution >= 0.6 is 11.6 Å². The lowest BCUT2D eigenvalue weighted by Crippen LogP contribution is -2.34. The number of carbonyl (C=O) groups is 1. The summed E-state index contributed by atoms with van der Waals surface area (Å²) >= 11 is 5.79. The third kappa shape index (κ3) is 4.13. The van der Waals surface area contributed by atoms with Crippen LogP contribution in [0.4, 0.5) is 5.69 Å². The van der Waals surface area contributed by atoms with Gasteiger partial charge in [0.05, 0.1) is 12.5 Å². The average molecular weight is 292 g/mol. The number of amides is 1. The first-order valence-corrected chi connectivity index (χ1v) is 6.41. The Balaban J connectivity index is 1.84. The summed E-state index contributed by atoms with van der Waals surface area (Å²) in [4.78, 5) is 11.8. The Labute approximate surface area is 121 Å². The molecule has 2 aromatic rings. The van der Waals surface area contributed by atoms with Gasteiger partial charge in [0.15, 0.2) is 0 Å². The van der Waals surface area contributed by atoms with E-state index >= 15 is 0 Å². The molecule has 1 aromatic carbocycles. The molecule has 104 valence electrons. The van der Waals surface area contributed by atoms with E-state index in [0.29, 0.717) is 10.8 Å². The standard InChI is InChI=1S/C14H14ClN3O2/c1-10(17-12-6-4-11(15)5-7-12)14(19)18-16-9-13-3-2-8-20-13/h2-10,17H,1H3,(H,18,19)/b16-9-/t10-/m1/s1. The largest absolute Gasteiger partial charge is 0.463 e. The zero-order valence-electron chi connectivity index (χ0n) is 10.8. The molecule has 2 N–H and O–H groups in total. The molecule has 0 aliphatic carbocycles. The number of hydrogen-bond acceptors (Lipinski definition) is 4. The molecule has 20 heavy (non-hydrogen) atoms. The lowest BCUT2D eigenvalue weighted by Gasteiger charge is -2.13. The first-order chi connectivity index (χ1) is 9.65. The van der Waals surface area contributed by atoms with Crippen molar-refractivity contribution in [3.8, 4) is 0 Å². The predicted molar refractivity (Wildman–Crippen MR) is 79.0 cm³/mol. The number of rotatable bonds is 5. The van der Waals surface area contributed by atoms with Gasteiger partial charge in [-0.2, -0.15) is 5.10 Å². The van der Waals surface area contributed by atoms with Crippen LogP contribution in [0.25, 0.3) is 0 Å². The third-order valence-corrected chi connectivity index (χ3v) is 2.78. The molecule has 0 aliphatic heterocycles. The summed E-state index contributed by atoms with van der Waals surface area (Å²) in [7, 11) is 0. The number of hydrogen-bond donors (Lipinski definition) is 2. The van der Waals surface area contributed by atoms with Crippen molar-refractivity contribution in [1.29, 1.82) is 0 Å². The van der Waals surface area contributed by atoms with E-state index in [-0.39, 0.29) is 5.91 Å². The quantitative estimate of drug-likeness (QED) is 0.657. The van der Waals surface area contributed by atoms with Gasteiger partial charge in [-0.3, -0.25) is 4.79 Å². The first-order valence-electron chi connectivity index (χ1n) is 6.03. The van der Waals surface area contributed by atoms with Crippen molar-refractivity contribution in [1.82, 2.24) is 5.43 Å². The summed E-state index contributed by atoms with van der Waals surface area (Å²) in [6.07, 6.45) is 2.97. The van der Waals surface area contributed by atoms with Crippen LogP contribution in [-0.2, 0) is 4.79 Å². The number of nitrogens with one attached hydrogen (secondary N) is 2. The number of hydrazone groups is 1. The summed E-state index contributed by atoms with van der Waals surface area (Å²) in [5, 5.41) is 7.50. The van der Waals surface area contributed by atoms with Crippen molar-refractivity contribution in [2.45, 2.75) is 13.0 Å². The summed E-state index contributed by atoms with van der Waals surface area (Å²) in [6.45, 7) is 1.74. The minimum atomic E-state index is -0.426. The van der Waals surface area contributed by atoms with Crippen LogP contribution < -0.4 is 10.7 Å². The highest BCUT2D eigenvalue weighted by molar-refractivity contribution is 6.30. The van der Waals surface area contributed by atoms with E-state index in [1.165, 1.54) is 12.5 Å². The van der Waals surface area contributed by atoms with E-state index in [0.717, 1.165) is 5.69 Å². The van der Waals surface area contributed by atoms with Gasteiger partial charge in [-0.1, -0.05) is 11.6 Å². The van der Waals surface area contributed by atoms with Crippen molar-refractivity contribution in [2.75, 3.05) is 5.32 Å². The van der Waals surface area contributed by atoms with Crippen LogP contribution in [0.1, 0.15) is 12.7 Å². The molecule has 0 aliphatic rings. The van der Waals surface area contributed by atoms with Gasteiger partial charge in [0.1, 0.15) is 11.8 Å². The normalized spacial score (nSPS) is 12.3. The maximum Gasteiger partial charge on any atom is 0.262 e. The Morgan fingerprint density at radius 3 is 2.75 bits per heavy atom.